The van der Waals surface area contributed by atoms with E-state index >= 15 is 0 Å². The Labute approximate surface area is 114 Å². The Morgan fingerprint density at radius 3 is 2.78 bits per heavy atom. The first-order chi connectivity index (χ1) is 8.79. The number of methoxy groups -OCH3 is 1. The quantitative estimate of drug-likeness (QED) is 0.635. The summed E-state index contributed by atoms with van der Waals surface area (Å²) in [7, 11) is 1.70. The van der Waals surface area contributed by atoms with E-state index in [0.717, 1.165) is 22.3 Å². The van der Waals surface area contributed by atoms with Crippen molar-refractivity contribution in [1.82, 2.24) is 0 Å². The topological polar surface area (TPSA) is 35.2 Å². The lowest BCUT2D eigenvalue weighted by Gasteiger charge is -2.21. The molecule has 1 aromatic rings. The largest absolute Gasteiger partial charge is 0.497 e. The fourth-order valence-corrected chi connectivity index (χ4v) is 3.68. The number of benzene rings is 1. The lowest BCUT2D eigenvalue weighted by atomic mass is 9.88. The molecular weight excluding hydrogens is 242 g/mol. The highest BCUT2D eigenvalue weighted by Gasteiger charge is 2.13. The van der Waals surface area contributed by atoms with Crippen LogP contribution in [-0.4, -0.2) is 12.9 Å². The van der Waals surface area contributed by atoms with Gasteiger partial charge in [0.1, 0.15) is 5.75 Å². The number of anilines is 1. The summed E-state index contributed by atoms with van der Waals surface area (Å²) in [6, 6.07) is 5.89. The van der Waals surface area contributed by atoms with Gasteiger partial charge in [0.05, 0.1) is 7.11 Å². The molecule has 1 aliphatic rings. The molecule has 3 heteroatoms. The molecule has 0 spiro atoms. The minimum absolute atomic E-state index is 0.865. The normalized spacial score (nSPS) is 16.7. The van der Waals surface area contributed by atoms with Crippen LogP contribution in [0.2, 0.25) is 0 Å². The van der Waals surface area contributed by atoms with Gasteiger partial charge in [0.25, 0.3) is 0 Å². The molecule has 0 amide bonds. The van der Waals surface area contributed by atoms with Gasteiger partial charge in [-0.1, -0.05) is 32.1 Å². The standard InChI is InChI=1S/C15H23NOS/c1-17-13-7-8-14(16)15(11-13)18-10-9-12-5-3-2-4-6-12/h7-8,11-12H,2-6,9-10,16H2,1H3. The average molecular weight is 265 g/mol. The van der Waals surface area contributed by atoms with E-state index in [2.05, 4.69) is 0 Å². The van der Waals surface area contributed by atoms with Crippen molar-refractivity contribution in [2.24, 2.45) is 5.92 Å². The molecule has 0 aromatic heterocycles. The lowest BCUT2D eigenvalue weighted by Crippen LogP contribution is -2.07. The van der Waals surface area contributed by atoms with Crippen LogP contribution in [0.1, 0.15) is 38.5 Å². The summed E-state index contributed by atoms with van der Waals surface area (Å²) in [6.07, 6.45) is 8.46. The Morgan fingerprint density at radius 1 is 1.28 bits per heavy atom. The van der Waals surface area contributed by atoms with Crippen LogP contribution in [0.5, 0.6) is 5.75 Å². The Kier molecular flexibility index (Phi) is 5.24. The van der Waals surface area contributed by atoms with Crippen molar-refractivity contribution in [3.8, 4) is 5.75 Å². The molecule has 2 nitrogen and oxygen atoms in total. The molecule has 0 atom stereocenters. The van der Waals surface area contributed by atoms with Gasteiger partial charge >= 0.3 is 0 Å². The summed E-state index contributed by atoms with van der Waals surface area (Å²) >= 11 is 1.87. The maximum atomic E-state index is 5.99. The molecular formula is C15H23NOS. The van der Waals surface area contributed by atoms with E-state index in [-0.39, 0.29) is 0 Å². The van der Waals surface area contributed by atoms with Crippen molar-refractivity contribution >= 4 is 17.4 Å². The molecule has 0 bridgehead atoms. The summed E-state index contributed by atoms with van der Waals surface area (Å²) in [6.45, 7) is 0. The van der Waals surface area contributed by atoms with E-state index in [1.54, 1.807) is 7.11 Å². The zero-order valence-electron chi connectivity index (χ0n) is 11.2. The molecule has 0 saturated heterocycles. The van der Waals surface area contributed by atoms with Crippen LogP contribution in [0.4, 0.5) is 5.69 Å². The number of ether oxygens (including phenoxy) is 1. The molecule has 0 aliphatic heterocycles. The molecule has 100 valence electrons. The zero-order chi connectivity index (χ0) is 12.8. The molecule has 0 heterocycles. The lowest BCUT2D eigenvalue weighted by molar-refractivity contribution is 0.351. The molecule has 0 unspecified atom stereocenters. The predicted molar refractivity (Wildman–Crippen MR) is 79.3 cm³/mol. The number of nitrogens with two attached hydrogens (primary N) is 1. The van der Waals surface area contributed by atoms with Gasteiger partial charge in [-0.15, -0.1) is 11.8 Å². The zero-order valence-corrected chi connectivity index (χ0v) is 12.0. The second-order valence-electron chi connectivity index (χ2n) is 5.04. The van der Waals surface area contributed by atoms with Gasteiger partial charge < -0.3 is 10.5 Å². The summed E-state index contributed by atoms with van der Waals surface area (Å²) in [4.78, 5) is 1.16. The van der Waals surface area contributed by atoms with Gasteiger partial charge in [-0.2, -0.15) is 0 Å². The number of thioether (sulfide) groups is 1. The third-order valence-corrected chi connectivity index (χ3v) is 4.83. The van der Waals surface area contributed by atoms with Gasteiger partial charge in [-0.05, 0) is 36.3 Å². The molecule has 1 fully saturated rings. The molecule has 1 aromatic carbocycles. The van der Waals surface area contributed by atoms with Crippen LogP contribution in [0.3, 0.4) is 0 Å². The highest BCUT2D eigenvalue weighted by molar-refractivity contribution is 7.99. The Balaban J connectivity index is 1.81. The van der Waals surface area contributed by atoms with E-state index in [1.165, 1.54) is 44.3 Å². The monoisotopic (exact) mass is 265 g/mol. The number of nitrogen functional groups attached to an aromatic ring is 1. The molecule has 1 saturated carbocycles. The molecule has 2 N–H and O–H groups in total. The second-order valence-corrected chi connectivity index (χ2v) is 6.18. The van der Waals surface area contributed by atoms with Crippen LogP contribution in [0, 0.1) is 5.92 Å². The van der Waals surface area contributed by atoms with E-state index in [0.29, 0.717) is 0 Å². The maximum absolute atomic E-state index is 5.99. The summed E-state index contributed by atoms with van der Waals surface area (Å²) in [5.74, 6) is 3.00. The third-order valence-electron chi connectivity index (χ3n) is 3.73. The van der Waals surface area contributed by atoms with Gasteiger partial charge in [-0.3, -0.25) is 0 Å². The van der Waals surface area contributed by atoms with E-state index in [1.807, 2.05) is 30.0 Å². The van der Waals surface area contributed by atoms with Crippen LogP contribution >= 0.6 is 11.8 Å². The van der Waals surface area contributed by atoms with E-state index in [9.17, 15) is 0 Å². The summed E-state index contributed by atoms with van der Waals surface area (Å²) in [5, 5.41) is 0. The van der Waals surface area contributed by atoms with Gasteiger partial charge in [0, 0.05) is 10.6 Å². The molecule has 0 radical (unpaired) electrons. The average Bonchev–Trinajstić information content (AvgIpc) is 2.42. The highest BCUT2D eigenvalue weighted by atomic mass is 32.2. The Hall–Kier alpha value is -0.830. The van der Waals surface area contributed by atoms with Crippen molar-refractivity contribution < 1.29 is 4.74 Å². The summed E-state index contributed by atoms with van der Waals surface area (Å²) < 4.78 is 5.24. The number of rotatable bonds is 5. The van der Waals surface area contributed by atoms with Crippen molar-refractivity contribution in [3.63, 3.8) is 0 Å². The van der Waals surface area contributed by atoms with Crippen molar-refractivity contribution in [3.05, 3.63) is 18.2 Å². The van der Waals surface area contributed by atoms with E-state index < -0.39 is 0 Å². The van der Waals surface area contributed by atoms with Crippen molar-refractivity contribution in [2.75, 3.05) is 18.6 Å². The van der Waals surface area contributed by atoms with Gasteiger partial charge in [0.15, 0.2) is 0 Å². The smallest absolute Gasteiger partial charge is 0.120 e. The Bertz CT molecular complexity index is 375. The highest BCUT2D eigenvalue weighted by Crippen LogP contribution is 2.32. The molecule has 1 aliphatic carbocycles. The first-order valence-corrected chi connectivity index (χ1v) is 7.84. The first kappa shape index (κ1) is 13.6. The van der Waals surface area contributed by atoms with Crippen LogP contribution in [-0.2, 0) is 0 Å². The first-order valence-electron chi connectivity index (χ1n) is 6.86. The van der Waals surface area contributed by atoms with Crippen LogP contribution in [0.25, 0.3) is 0 Å². The fourth-order valence-electron chi connectivity index (χ4n) is 2.58. The minimum atomic E-state index is 0.865. The van der Waals surface area contributed by atoms with E-state index in [4.69, 9.17) is 10.5 Å². The molecule has 2 rings (SSSR count). The van der Waals surface area contributed by atoms with Crippen molar-refractivity contribution in [1.29, 1.82) is 0 Å². The fraction of sp³-hybridized carbons (Fsp3) is 0.600. The predicted octanol–water partition coefficient (Wildman–Crippen LogP) is 4.34. The number of hydrogen-bond donors (Lipinski definition) is 1. The third kappa shape index (κ3) is 3.84. The second kappa shape index (κ2) is 6.93. The minimum Gasteiger partial charge on any atom is -0.497 e. The van der Waals surface area contributed by atoms with Gasteiger partial charge in [0.2, 0.25) is 0 Å². The maximum Gasteiger partial charge on any atom is 0.120 e. The van der Waals surface area contributed by atoms with Crippen LogP contribution in [0.15, 0.2) is 23.1 Å². The Morgan fingerprint density at radius 2 is 2.06 bits per heavy atom. The van der Waals surface area contributed by atoms with Crippen molar-refractivity contribution in [2.45, 2.75) is 43.4 Å². The number of hydrogen-bond acceptors (Lipinski definition) is 3. The van der Waals surface area contributed by atoms with Gasteiger partial charge in [-0.25, -0.2) is 0 Å². The van der Waals surface area contributed by atoms with Crippen LogP contribution < -0.4 is 10.5 Å². The summed E-state index contributed by atoms with van der Waals surface area (Å²) in [5.41, 5.74) is 6.85. The SMILES string of the molecule is COc1ccc(N)c(SCCC2CCCCC2)c1. The molecule has 18 heavy (non-hydrogen) atoms.